The van der Waals surface area contributed by atoms with Crippen LogP contribution in [0.3, 0.4) is 0 Å². The minimum atomic E-state index is -3.02. The summed E-state index contributed by atoms with van der Waals surface area (Å²) in [5.41, 5.74) is 1.50. The largest absolute Gasteiger partial charge is 0.354 e. The van der Waals surface area contributed by atoms with E-state index in [1.54, 1.807) is 23.9 Å². The molecule has 1 aliphatic rings. The number of benzene rings is 2. The smallest absolute Gasteiger partial charge is 0.241 e. The molecule has 0 spiro atoms. The lowest BCUT2D eigenvalue weighted by Gasteiger charge is -2.33. The molecule has 0 radical (unpaired) electrons. The zero-order chi connectivity index (χ0) is 20.7. The van der Waals surface area contributed by atoms with Crippen LogP contribution in [0.4, 0.5) is 4.39 Å². The van der Waals surface area contributed by atoms with Gasteiger partial charge >= 0.3 is 0 Å². The molecule has 0 aromatic heterocycles. The van der Waals surface area contributed by atoms with E-state index in [0.29, 0.717) is 36.7 Å². The number of amides is 1. The number of nitrogens with zero attached hydrogens (tertiary/aromatic N) is 1. The minimum absolute atomic E-state index is 0.0715. The summed E-state index contributed by atoms with van der Waals surface area (Å²) < 4.78 is 37.2. The monoisotopic (exact) mass is 436 g/mol. The van der Waals surface area contributed by atoms with Crippen molar-refractivity contribution in [2.45, 2.75) is 11.8 Å². The molecule has 1 heterocycles. The second kappa shape index (κ2) is 10.2. The number of carbonyl (C=O) groups excluding carboxylic acids is 1. The fourth-order valence-electron chi connectivity index (χ4n) is 3.29. The van der Waals surface area contributed by atoms with Crippen LogP contribution in [0.2, 0.25) is 0 Å². The highest BCUT2D eigenvalue weighted by Crippen LogP contribution is 2.23. The molecule has 2 aromatic carbocycles. The van der Waals surface area contributed by atoms with Crippen LogP contribution < -0.4 is 5.32 Å². The third-order valence-corrected chi connectivity index (χ3v) is 7.49. The topological polar surface area (TPSA) is 66.5 Å². The van der Waals surface area contributed by atoms with Gasteiger partial charge in [-0.1, -0.05) is 48.5 Å². The van der Waals surface area contributed by atoms with Crippen LogP contribution in [0, 0.1) is 5.82 Å². The lowest BCUT2D eigenvalue weighted by Crippen LogP contribution is -2.47. The van der Waals surface area contributed by atoms with Crippen LogP contribution in [0.25, 0.3) is 0 Å². The number of carbonyl (C=O) groups is 1. The van der Waals surface area contributed by atoms with Gasteiger partial charge < -0.3 is 5.32 Å². The number of hydrogen-bond donors (Lipinski definition) is 1. The Kier molecular flexibility index (Phi) is 7.69. The van der Waals surface area contributed by atoms with E-state index in [1.807, 2.05) is 41.3 Å². The Morgan fingerprint density at radius 3 is 2.41 bits per heavy atom. The molecule has 1 amide bonds. The third-order valence-electron chi connectivity index (χ3n) is 4.87. The maximum atomic E-state index is 13.6. The van der Waals surface area contributed by atoms with Crippen molar-refractivity contribution in [3.8, 4) is 0 Å². The summed E-state index contributed by atoms with van der Waals surface area (Å²) in [6.07, 6.45) is 0. The lowest BCUT2D eigenvalue weighted by atomic mass is 10.0. The summed E-state index contributed by atoms with van der Waals surface area (Å²) >= 11 is 1.56. The number of halogens is 1. The molecule has 0 aliphatic carbocycles. The molecular weight excluding hydrogens is 411 g/mol. The van der Waals surface area contributed by atoms with E-state index in [1.165, 1.54) is 6.07 Å². The summed E-state index contributed by atoms with van der Waals surface area (Å²) in [7, 11) is -3.02. The molecule has 156 valence electrons. The number of sulfone groups is 1. The van der Waals surface area contributed by atoms with Gasteiger partial charge in [0.25, 0.3) is 0 Å². The quantitative estimate of drug-likeness (QED) is 0.645. The van der Waals surface area contributed by atoms with Gasteiger partial charge in [0, 0.05) is 31.1 Å². The molecule has 29 heavy (non-hydrogen) atoms. The molecule has 1 unspecified atom stereocenters. The first-order valence-electron chi connectivity index (χ1n) is 9.54. The van der Waals surface area contributed by atoms with E-state index < -0.39 is 15.9 Å². The van der Waals surface area contributed by atoms with Gasteiger partial charge in [-0.25, -0.2) is 12.8 Å². The summed E-state index contributed by atoms with van der Waals surface area (Å²) in [6, 6.07) is 15.6. The van der Waals surface area contributed by atoms with Gasteiger partial charge in [-0.2, -0.15) is 11.8 Å². The Morgan fingerprint density at radius 2 is 1.72 bits per heavy atom. The molecule has 5 nitrogen and oxygen atoms in total. The zero-order valence-corrected chi connectivity index (χ0v) is 17.7. The summed E-state index contributed by atoms with van der Waals surface area (Å²) in [5.74, 6) is 1.00. The number of nitrogens with one attached hydrogen (secondary N) is 1. The van der Waals surface area contributed by atoms with E-state index in [-0.39, 0.29) is 23.2 Å². The van der Waals surface area contributed by atoms with Gasteiger partial charge in [-0.15, -0.1) is 0 Å². The van der Waals surface area contributed by atoms with Crippen LogP contribution >= 0.6 is 11.8 Å². The number of hydrogen-bond acceptors (Lipinski definition) is 5. The van der Waals surface area contributed by atoms with E-state index in [2.05, 4.69) is 5.32 Å². The van der Waals surface area contributed by atoms with Gasteiger partial charge in [0.2, 0.25) is 5.91 Å². The molecule has 1 saturated heterocycles. The molecule has 1 N–H and O–H groups in total. The normalized spacial score (nSPS) is 17.6. The number of thioether (sulfide) groups is 1. The average molecular weight is 437 g/mol. The predicted octanol–water partition coefficient (Wildman–Crippen LogP) is 2.65. The van der Waals surface area contributed by atoms with E-state index in [0.717, 1.165) is 5.56 Å². The molecule has 1 atom stereocenters. The van der Waals surface area contributed by atoms with E-state index >= 15 is 0 Å². The van der Waals surface area contributed by atoms with Crippen LogP contribution in [0.5, 0.6) is 0 Å². The first-order chi connectivity index (χ1) is 14.0. The minimum Gasteiger partial charge on any atom is -0.354 e. The Morgan fingerprint density at radius 1 is 1.07 bits per heavy atom. The van der Waals surface area contributed by atoms with Gasteiger partial charge in [0.05, 0.1) is 11.5 Å². The lowest BCUT2D eigenvalue weighted by molar-refractivity contribution is -0.126. The van der Waals surface area contributed by atoms with Crippen molar-refractivity contribution in [1.29, 1.82) is 0 Å². The Hall–Kier alpha value is -1.90. The summed E-state index contributed by atoms with van der Waals surface area (Å²) in [5, 5.41) is 2.96. The Balaban J connectivity index is 1.55. The molecule has 0 bridgehead atoms. The maximum absolute atomic E-state index is 13.6. The second-order valence-corrected chi connectivity index (χ2v) is 10.3. The Bertz CT molecular complexity index is 909. The first-order valence-corrected chi connectivity index (χ1v) is 12.5. The first kappa shape index (κ1) is 21.8. The fourth-order valence-corrected chi connectivity index (χ4v) is 5.36. The van der Waals surface area contributed by atoms with Gasteiger partial charge in [-0.3, -0.25) is 9.69 Å². The van der Waals surface area contributed by atoms with E-state index in [9.17, 15) is 17.6 Å². The highest BCUT2D eigenvalue weighted by atomic mass is 32.2. The van der Waals surface area contributed by atoms with Crippen LogP contribution in [0.1, 0.15) is 17.2 Å². The maximum Gasteiger partial charge on any atom is 0.241 e. The van der Waals surface area contributed by atoms with Crippen LogP contribution in [-0.2, 0) is 20.4 Å². The highest BCUT2D eigenvalue weighted by Gasteiger charge is 2.32. The van der Waals surface area contributed by atoms with Crippen LogP contribution in [-0.4, -0.2) is 56.1 Å². The molecular formula is C21H25FN2O3S2. The summed E-state index contributed by atoms with van der Waals surface area (Å²) in [4.78, 5) is 14.8. The molecule has 1 aliphatic heterocycles. The van der Waals surface area contributed by atoms with Gasteiger partial charge in [-0.05, 0) is 17.2 Å². The van der Waals surface area contributed by atoms with Crippen molar-refractivity contribution in [1.82, 2.24) is 10.2 Å². The highest BCUT2D eigenvalue weighted by molar-refractivity contribution is 7.98. The molecule has 8 heteroatoms. The van der Waals surface area contributed by atoms with Crippen LogP contribution in [0.15, 0.2) is 54.6 Å². The van der Waals surface area contributed by atoms with E-state index in [4.69, 9.17) is 0 Å². The van der Waals surface area contributed by atoms with Crippen molar-refractivity contribution in [3.63, 3.8) is 0 Å². The molecule has 1 fully saturated rings. The molecule has 2 aromatic rings. The standard InChI is InChI=1S/C21H25FN2O3S2/c22-19-9-5-4-8-18(19)16-28-13-10-23-21(25)20(17-6-2-1-3-7-17)24-11-14-29(26,27)15-12-24/h1-9,20H,10-16H2,(H,23,25). The SMILES string of the molecule is O=C(NCCSCc1ccccc1F)C(c1ccccc1)N1CCS(=O)(=O)CC1. The zero-order valence-electron chi connectivity index (χ0n) is 16.1. The predicted molar refractivity (Wildman–Crippen MR) is 115 cm³/mol. The van der Waals surface area contributed by atoms with Crippen molar-refractivity contribution in [2.24, 2.45) is 0 Å². The van der Waals surface area contributed by atoms with Gasteiger partial charge in [0.1, 0.15) is 11.9 Å². The van der Waals surface area contributed by atoms with Crippen molar-refractivity contribution in [2.75, 3.05) is 36.9 Å². The molecule has 0 saturated carbocycles. The fraction of sp³-hybridized carbons (Fsp3) is 0.381. The van der Waals surface area contributed by atoms with Crippen molar-refractivity contribution in [3.05, 3.63) is 71.5 Å². The molecule has 3 rings (SSSR count). The Labute approximate surface area is 175 Å². The van der Waals surface area contributed by atoms with Crippen molar-refractivity contribution >= 4 is 27.5 Å². The van der Waals surface area contributed by atoms with Crippen molar-refractivity contribution < 1.29 is 17.6 Å². The summed E-state index contributed by atoms with van der Waals surface area (Å²) in [6.45, 7) is 1.15. The second-order valence-electron chi connectivity index (χ2n) is 6.94. The average Bonchev–Trinajstić information content (AvgIpc) is 2.71. The number of rotatable bonds is 8. The third kappa shape index (κ3) is 6.29. The van der Waals surface area contributed by atoms with Gasteiger partial charge in [0.15, 0.2) is 9.84 Å².